The first-order valence-electron chi connectivity index (χ1n) is 7.94. The largest absolute Gasteiger partial charge is 0.345 e. The molecule has 2 aromatic rings. The van der Waals surface area contributed by atoms with Gasteiger partial charge in [-0.2, -0.15) is 4.31 Å². The van der Waals surface area contributed by atoms with Crippen LogP contribution in [-0.2, 0) is 10.0 Å². The summed E-state index contributed by atoms with van der Waals surface area (Å²) in [4.78, 5) is 12.8. The molecule has 0 aliphatic carbocycles. The molecule has 0 radical (unpaired) electrons. The number of hydrogen-bond donors (Lipinski definition) is 1. The minimum atomic E-state index is -3.46. The van der Waals surface area contributed by atoms with E-state index in [1.165, 1.54) is 10.4 Å². The first-order valence-corrected chi connectivity index (χ1v) is 10.2. The quantitative estimate of drug-likeness (QED) is 0.887. The van der Waals surface area contributed by atoms with E-state index in [9.17, 15) is 13.2 Å². The number of rotatable bonds is 5. The van der Waals surface area contributed by atoms with Gasteiger partial charge in [0.2, 0.25) is 0 Å². The minimum absolute atomic E-state index is 0.139. The fraction of sp³-hybridized carbons (Fsp3) is 0.353. The van der Waals surface area contributed by atoms with Crippen molar-refractivity contribution in [1.82, 2.24) is 9.62 Å². The number of amides is 1. The molecule has 1 aromatic heterocycles. The highest BCUT2D eigenvalue weighted by Gasteiger charge is 2.29. The summed E-state index contributed by atoms with van der Waals surface area (Å²) in [6, 6.07) is 12.6. The maximum absolute atomic E-state index is 12.5. The second-order valence-corrected chi connectivity index (χ2v) is 9.08. The molecular weight excluding hydrogens is 344 g/mol. The third-order valence-electron chi connectivity index (χ3n) is 4.11. The van der Waals surface area contributed by atoms with E-state index >= 15 is 0 Å². The second-order valence-electron chi connectivity index (χ2n) is 5.84. The average molecular weight is 364 g/mol. The molecule has 0 bridgehead atoms. The number of carbonyl (C=O) groups excluding carboxylic acids is 1. The summed E-state index contributed by atoms with van der Waals surface area (Å²) in [6.45, 7) is 3.03. The summed E-state index contributed by atoms with van der Waals surface area (Å²) >= 11 is 1.03. The maximum Gasteiger partial charge on any atom is 0.261 e. The van der Waals surface area contributed by atoms with Crippen LogP contribution in [-0.4, -0.2) is 31.7 Å². The molecule has 1 amide bonds. The zero-order chi connectivity index (χ0) is 17.2. The van der Waals surface area contributed by atoms with E-state index in [4.69, 9.17) is 0 Å². The molecule has 1 N–H and O–H groups in total. The van der Waals surface area contributed by atoms with Crippen molar-refractivity contribution in [2.75, 3.05) is 13.1 Å². The Morgan fingerprint density at radius 3 is 2.46 bits per heavy atom. The second kappa shape index (κ2) is 7.04. The number of nitrogens with one attached hydrogen (secondary N) is 1. The van der Waals surface area contributed by atoms with Crippen LogP contribution in [0.1, 0.15) is 41.0 Å². The molecule has 1 aliphatic heterocycles. The molecule has 1 aromatic carbocycles. The zero-order valence-electron chi connectivity index (χ0n) is 13.4. The van der Waals surface area contributed by atoms with E-state index in [0.717, 1.165) is 29.7 Å². The maximum atomic E-state index is 12.5. The van der Waals surface area contributed by atoms with Crippen LogP contribution in [0.15, 0.2) is 46.7 Å². The van der Waals surface area contributed by atoms with Gasteiger partial charge in [0, 0.05) is 13.1 Å². The summed E-state index contributed by atoms with van der Waals surface area (Å²) in [5.74, 6) is -0.251. The lowest BCUT2D eigenvalue weighted by Crippen LogP contribution is -2.27. The first kappa shape index (κ1) is 17.1. The van der Waals surface area contributed by atoms with E-state index in [2.05, 4.69) is 5.32 Å². The third-order valence-corrected chi connectivity index (χ3v) is 7.56. The van der Waals surface area contributed by atoms with Crippen molar-refractivity contribution in [3.8, 4) is 0 Å². The van der Waals surface area contributed by atoms with Crippen LogP contribution < -0.4 is 5.32 Å². The Hall–Kier alpha value is -1.70. The van der Waals surface area contributed by atoms with Gasteiger partial charge in [0.25, 0.3) is 15.9 Å². The van der Waals surface area contributed by atoms with E-state index in [0.29, 0.717) is 18.0 Å². The van der Waals surface area contributed by atoms with Gasteiger partial charge in [-0.25, -0.2) is 8.42 Å². The highest BCUT2D eigenvalue weighted by Crippen LogP contribution is 2.27. The van der Waals surface area contributed by atoms with Crippen molar-refractivity contribution in [2.24, 2.45) is 0 Å². The molecule has 5 nitrogen and oxygen atoms in total. The number of nitrogens with zero attached hydrogens (tertiary/aromatic N) is 1. The molecule has 1 atom stereocenters. The van der Waals surface area contributed by atoms with E-state index < -0.39 is 10.0 Å². The summed E-state index contributed by atoms with van der Waals surface area (Å²) in [7, 11) is -3.46. The highest BCUT2D eigenvalue weighted by atomic mass is 32.2. The van der Waals surface area contributed by atoms with Crippen molar-refractivity contribution < 1.29 is 13.2 Å². The highest BCUT2D eigenvalue weighted by molar-refractivity contribution is 7.91. The zero-order valence-corrected chi connectivity index (χ0v) is 15.1. The lowest BCUT2D eigenvalue weighted by Gasteiger charge is -2.14. The van der Waals surface area contributed by atoms with Crippen molar-refractivity contribution in [1.29, 1.82) is 0 Å². The van der Waals surface area contributed by atoms with Crippen LogP contribution in [0.5, 0.6) is 0 Å². The summed E-state index contributed by atoms with van der Waals surface area (Å²) < 4.78 is 26.8. The van der Waals surface area contributed by atoms with Gasteiger partial charge in [-0.05, 0) is 37.5 Å². The SMILES string of the molecule is C[C@H](NC(=O)c1ccc(S(=O)(=O)N2CCCC2)s1)c1ccccc1. The minimum Gasteiger partial charge on any atom is -0.345 e. The van der Waals surface area contributed by atoms with E-state index in [-0.39, 0.29) is 16.2 Å². The topological polar surface area (TPSA) is 66.5 Å². The Bertz CT molecular complexity index is 809. The van der Waals surface area contributed by atoms with Gasteiger partial charge < -0.3 is 5.32 Å². The molecule has 0 unspecified atom stereocenters. The van der Waals surface area contributed by atoms with Crippen LogP contribution in [0.25, 0.3) is 0 Å². The third kappa shape index (κ3) is 3.53. The molecule has 128 valence electrons. The van der Waals surface area contributed by atoms with Crippen LogP contribution in [0.3, 0.4) is 0 Å². The van der Waals surface area contributed by atoms with Crippen LogP contribution in [0, 0.1) is 0 Å². The van der Waals surface area contributed by atoms with Crippen molar-refractivity contribution in [2.45, 2.75) is 30.0 Å². The predicted molar refractivity (Wildman–Crippen MR) is 94.6 cm³/mol. The van der Waals surface area contributed by atoms with Gasteiger partial charge in [0.05, 0.1) is 10.9 Å². The standard InChI is InChI=1S/C17H20N2O3S2/c1-13(14-7-3-2-4-8-14)18-17(20)15-9-10-16(23-15)24(21,22)19-11-5-6-12-19/h2-4,7-10,13H,5-6,11-12H2,1H3,(H,18,20)/t13-/m0/s1. The fourth-order valence-corrected chi connectivity index (χ4v) is 5.61. The van der Waals surface area contributed by atoms with Gasteiger partial charge in [0.15, 0.2) is 0 Å². The number of thiophene rings is 1. The fourth-order valence-electron chi connectivity index (χ4n) is 2.73. The van der Waals surface area contributed by atoms with Gasteiger partial charge in [-0.15, -0.1) is 11.3 Å². The van der Waals surface area contributed by atoms with E-state index in [1.54, 1.807) is 6.07 Å². The normalized spacial score (nSPS) is 16.9. The smallest absolute Gasteiger partial charge is 0.261 e. The Morgan fingerprint density at radius 1 is 1.12 bits per heavy atom. The van der Waals surface area contributed by atoms with Crippen LogP contribution in [0.2, 0.25) is 0 Å². The first-order chi connectivity index (χ1) is 11.5. The molecule has 2 heterocycles. The summed E-state index contributed by atoms with van der Waals surface area (Å²) in [5.41, 5.74) is 1.01. The molecule has 1 aliphatic rings. The van der Waals surface area contributed by atoms with Gasteiger partial charge in [0.1, 0.15) is 4.21 Å². The number of hydrogen-bond acceptors (Lipinski definition) is 4. The van der Waals surface area contributed by atoms with Crippen LogP contribution in [0.4, 0.5) is 0 Å². The Morgan fingerprint density at radius 2 is 1.79 bits per heavy atom. The number of benzene rings is 1. The Balaban J connectivity index is 1.72. The molecule has 0 spiro atoms. The Kier molecular flexibility index (Phi) is 5.03. The molecule has 0 saturated carbocycles. The summed E-state index contributed by atoms with van der Waals surface area (Å²) in [6.07, 6.45) is 1.79. The molecular formula is C17H20N2O3S2. The molecule has 3 rings (SSSR count). The summed E-state index contributed by atoms with van der Waals surface area (Å²) in [5, 5.41) is 2.91. The lowest BCUT2D eigenvalue weighted by atomic mass is 10.1. The predicted octanol–water partition coefficient (Wildman–Crippen LogP) is 3.02. The van der Waals surface area contributed by atoms with Gasteiger partial charge >= 0.3 is 0 Å². The Labute approximate surface area is 146 Å². The monoisotopic (exact) mass is 364 g/mol. The number of sulfonamides is 1. The molecule has 24 heavy (non-hydrogen) atoms. The van der Waals surface area contributed by atoms with Crippen LogP contribution >= 0.6 is 11.3 Å². The van der Waals surface area contributed by atoms with Gasteiger partial charge in [-0.1, -0.05) is 30.3 Å². The number of carbonyl (C=O) groups is 1. The van der Waals surface area contributed by atoms with E-state index in [1.807, 2.05) is 37.3 Å². The molecule has 1 saturated heterocycles. The molecule has 1 fully saturated rings. The lowest BCUT2D eigenvalue weighted by molar-refractivity contribution is 0.0944. The van der Waals surface area contributed by atoms with Crippen molar-refractivity contribution in [3.63, 3.8) is 0 Å². The average Bonchev–Trinajstić information content (AvgIpc) is 3.27. The molecule has 7 heteroatoms. The van der Waals surface area contributed by atoms with Gasteiger partial charge in [-0.3, -0.25) is 4.79 Å². The van der Waals surface area contributed by atoms with Crippen molar-refractivity contribution in [3.05, 3.63) is 52.9 Å². The van der Waals surface area contributed by atoms with Crippen molar-refractivity contribution >= 4 is 27.3 Å².